The van der Waals surface area contributed by atoms with E-state index >= 15 is 0 Å². The molecule has 1 aromatic rings. The summed E-state index contributed by atoms with van der Waals surface area (Å²) in [6.45, 7) is 2.82. The van der Waals surface area contributed by atoms with Crippen LogP contribution in [0.4, 0.5) is 0 Å². The monoisotopic (exact) mass is 168 g/mol. The number of hydrogen-bond donors (Lipinski definition) is 1. The molecule has 68 valence electrons. The van der Waals surface area contributed by atoms with Crippen molar-refractivity contribution in [2.75, 3.05) is 14.1 Å². The molecule has 0 bridgehead atoms. The minimum atomic E-state index is 0.824. The van der Waals surface area contributed by atoms with Gasteiger partial charge in [-0.25, -0.2) is 5.43 Å². The molecule has 1 N–H and O–H groups in total. The number of aryl methyl sites for hydroxylation is 2. The normalized spacial score (nSPS) is 11.1. The van der Waals surface area contributed by atoms with Gasteiger partial charge in [0.15, 0.2) is 0 Å². The van der Waals surface area contributed by atoms with Crippen LogP contribution in [-0.2, 0) is 13.6 Å². The zero-order chi connectivity index (χ0) is 9.14. The van der Waals surface area contributed by atoms with Gasteiger partial charge in [0.2, 0.25) is 0 Å². The van der Waals surface area contributed by atoms with Crippen LogP contribution in [0.1, 0.15) is 11.4 Å². The van der Waals surface area contributed by atoms with E-state index in [1.54, 1.807) is 0 Å². The first-order valence-electron chi connectivity index (χ1n) is 4.00. The topological polar surface area (TPSA) is 33.1 Å². The number of nitrogens with one attached hydrogen (secondary N) is 1. The molecule has 1 heterocycles. The first-order chi connectivity index (χ1) is 5.59. The number of hydrogen-bond acceptors (Lipinski definition) is 3. The predicted molar refractivity (Wildman–Crippen MR) is 48.5 cm³/mol. The Morgan fingerprint density at radius 3 is 2.67 bits per heavy atom. The summed E-state index contributed by atoms with van der Waals surface area (Å²) in [5, 5.41) is 6.18. The Hall–Kier alpha value is -0.870. The zero-order valence-corrected chi connectivity index (χ0v) is 8.13. The van der Waals surface area contributed by atoms with Gasteiger partial charge in [-0.2, -0.15) is 5.10 Å². The van der Waals surface area contributed by atoms with E-state index in [1.807, 2.05) is 37.8 Å². The van der Waals surface area contributed by atoms with Crippen molar-refractivity contribution in [1.29, 1.82) is 0 Å². The fourth-order valence-corrected chi connectivity index (χ4v) is 1.07. The highest BCUT2D eigenvalue weighted by Gasteiger charge is 2.00. The minimum Gasteiger partial charge on any atom is -0.271 e. The molecule has 0 spiro atoms. The molecule has 4 heteroatoms. The van der Waals surface area contributed by atoms with Gasteiger partial charge in [-0.15, -0.1) is 0 Å². The van der Waals surface area contributed by atoms with Gasteiger partial charge in [0.25, 0.3) is 0 Å². The van der Waals surface area contributed by atoms with Gasteiger partial charge in [0.05, 0.1) is 17.9 Å². The molecule has 0 unspecified atom stereocenters. The summed E-state index contributed by atoms with van der Waals surface area (Å²) in [5.74, 6) is 0. The van der Waals surface area contributed by atoms with Gasteiger partial charge in [-0.3, -0.25) is 9.69 Å². The maximum Gasteiger partial charge on any atom is 0.0597 e. The molecule has 0 saturated carbocycles. The van der Waals surface area contributed by atoms with E-state index in [0.717, 1.165) is 12.2 Å². The first kappa shape index (κ1) is 9.22. The van der Waals surface area contributed by atoms with Crippen LogP contribution in [0.15, 0.2) is 6.07 Å². The van der Waals surface area contributed by atoms with Crippen molar-refractivity contribution in [1.82, 2.24) is 20.2 Å². The number of hydrazine groups is 1. The van der Waals surface area contributed by atoms with Gasteiger partial charge < -0.3 is 0 Å². The van der Waals surface area contributed by atoms with Crippen LogP contribution in [0.5, 0.6) is 0 Å². The SMILES string of the molecule is Cc1cc(CNN(C)C)n(C)n1. The molecule has 0 aliphatic heterocycles. The summed E-state index contributed by atoms with van der Waals surface area (Å²) in [6.07, 6.45) is 0. The number of nitrogens with zero attached hydrogens (tertiary/aromatic N) is 3. The highest BCUT2D eigenvalue weighted by atomic mass is 15.5. The second-order valence-corrected chi connectivity index (χ2v) is 3.13. The van der Waals surface area contributed by atoms with Crippen LogP contribution in [0.25, 0.3) is 0 Å². The fraction of sp³-hybridized carbons (Fsp3) is 0.625. The van der Waals surface area contributed by atoms with E-state index in [1.165, 1.54) is 5.69 Å². The summed E-state index contributed by atoms with van der Waals surface area (Å²) in [7, 11) is 5.91. The fourth-order valence-electron chi connectivity index (χ4n) is 1.07. The van der Waals surface area contributed by atoms with E-state index in [-0.39, 0.29) is 0 Å². The highest BCUT2D eigenvalue weighted by Crippen LogP contribution is 2.00. The van der Waals surface area contributed by atoms with Crippen molar-refractivity contribution in [3.8, 4) is 0 Å². The lowest BCUT2D eigenvalue weighted by molar-refractivity contribution is 0.282. The lowest BCUT2D eigenvalue weighted by Crippen LogP contribution is -2.30. The molecule has 1 aromatic heterocycles. The third-order valence-corrected chi connectivity index (χ3v) is 1.68. The molecular weight excluding hydrogens is 152 g/mol. The molecule has 0 fully saturated rings. The Labute approximate surface area is 73.1 Å². The third kappa shape index (κ3) is 2.32. The molecule has 0 saturated heterocycles. The molecule has 0 amide bonds. The van der Waals surface area contributed by atoms with Crippen molar-refractivity contribution in [2.24, 2.45) is 7.05 Å². The molecule has 0 radical (unpaired) electrons. The summed E-state index contributed by atoms with van der Waals surface area (Å²) in [4.78, 5) is 0. The lowest BCUT2D eigenvalue weighted by Gasteiger charge is -2.11. The summed E-state index contributed by atoms with van der Waals surface area (Å²) >= 11 is 0. The van der Waals surface area contributed by atoms with E-state index in [2.05, 4.69) is 16.6 Å². The van der Waals surface area contributed by atoms with Crippen molar-refractivity contribution < 1.29 is 0 Å². The Morgan fingerprint density at radius 1 is 1.58 bits per heavy atom. The first-order valence-corrected chi connectivity index (χ1v) is 4.00. The van der Waals surface area contributed by atoms with Crippen molar-refractivity contribution >= 4 is 0 Å². The van der Waals surface area contributed by atoms with Crippen LogP contribution < -0.4 is 5.43 Å². The average molecular weight is 168 g/mol. The largest absolute Gasteiger partial charge is 0.271 e. The van der Waals surface area contributed by atoms with Gasteiger partial charge in [0, 0.05) is 21.1 Å². The van der Waals surface area contributed by atoms with Crippen LogP contribution >= 0.6 is 0 Å². The standard InChI is InChI=1S/C8H16N4/c1-7-5-8(12(4)10-7)6-9-11(2)3/h5,9H,6H2,1-4H3. The summed E-state index contributed by atoms with van der Waals surface area (Å²) in [6, 6.07) is 2.08. The molecule has 0 aliphatic carbocycles. The van der Waals surface area contributed by atoms with Gasteiger partial charge >= 0.3 is 0 Å². The van der Waals surface area contributed by atoms with Gasteiger partial charge in [-0.1, -0.05) is 0 Å². The van der Waals surface area contributed by atoms with Crippen molar-refractivity contribution in [3.63, 3.8) is 0 Å². The van der Waals surface area contributed by atoms with E-state index in [4.69, 9.17) is 0 Å². The van der Waals surface area contributed by atoms with E-state index < -0.39 is 0 Å². The maximum absolute atomic E-state index is 4.25. The summed E-state index contributed by atoms with van der Waals surface area (Å²) in [5.41, 5.74) is 5.45. The molecule has 0 aromatic carbocycles. The molecule has 0 aliphatic rings. The molecule has 1 rings (SSSR count). The molecule has 12 heavy (non-hydrogen) atoms. The molecule has 0 atom stereocenters. The van der Waals surface area contributed by atoms with Crippen LogP contribution in [0.2, 0.25) is 0 Å². The predicted octanol–water partition coefficient (Wildman–Crippen LogP) is 0.295. The van der Waals surface area contributed by atoms with Crippen LogP contribution in [0, 0.1) is 6.92 Å². The second-order valence-electron chi connectivity index (χ2n) is 3.13. The van der Waals surface area contributed by atoms with Gasteiger partial charge in [0.1, 0.15) is 0 Å². The number of aromatic nitrogens is 2. The Morgan fingerprint density at radius 2 is 2.25 bits per heavy atom. The van der Waals surface area contributed by atoms with Crippen LogP contribution in [-0.4, -0.2) is 28.9 Å². The minimum absolute atomic E-state index is 0.824. The smallest absolute Gasteiger partial charge is 0.0597 e. The highest BCUT2D eigenvalue weighted by molar-refractivity contribution is 5.07. The van der Waals surface area contributed by atoms with Crippen molar-refractivity contribution in [2.45, 2.75) is 13.5 Å². The van der Waals surface area contributed by atoms with Crippen LogP contribution in [0.3, 0.4) is 0 Å². The molecule has 4 nitrogen and oxygen atoms in total. The number of rotatable bonds is 3. The Bertz CT molecular complexity index is 252. The quantitative estimate of drug-likeness (QED) is 0.659. The van der Waals surface area contributed by atoms with Crippen molar-refractivity contribution in [3.05, 3.63) is 17.5 Å². The van der Waals surface area contributed by atoms with E-state index in [0.29, 0.717) is 0 Å². The third-order valence-electron chi connectivity index (χ3n) is 1.68. The van der Waals surface area contributed by atoms with Gasteiger partial charge in [-0.05, 0) is 13.0 Å². The Kier molecular flexibility index (Phi) is 2.83. The Balaban J connectivity index is 2.57. The average Bonchev–Trinajstić information content (AvgIpc) is 2.26. The maximum atomic E-state index is 4.25. The lowest BCUT2D eigenvalue weighted by atomic mass is 10.4. The zero-order valence-electron chi connectivity index (χ0n) is 8.13. The summed E-state index contributed by atoms with van der Waals surface area (Å²) < 4.78 is 1.89. The molecular formula is C8H16N4. The second kappa shape index (κ2) is 3.69. The van der Waals surface area contributed by atoms with E-state index in [9.17, 15) is 0 Å².